The van der Waals surface area contributed by atoms with Gasteiger partial charge in [-0.1, -0.05) is 6.07 Å². The van der Waals surface area contributed by atoms with E-state index in [9.17, 15) is 8.42 Å². The largest absolute Gasteiger partial charge is 0.377 e. The van der Waals surface area contributed by atoms with E-state index in [2.05, 4.69) is 4.98 Å². The molecule has 2 aliphatic rings. The van der Waals surface area contributed by atoms with E-state index in [1.165, 1.54) is 0 Å². The first-order valence-corrected chi connectivity index (χ1v) is 10.2. The third-order valence-corrected chi connectivity index (χ3v) is 6.92. The van der Waals surface area contributed by atoms with Crippen molar-refractivity contribution in [3.63, 3.8) is 0 Å². The van der Waals surface area contributed by atoms with E-state index < -0.39 is 10.0 Å². The molecule has 3 heterocycles. The summed E-state index contributed by atoms with van der Waals surface area (Å²) in [6.45, 7) is 4.51. The third-order valence-electron chi connectivity index (χ3n) is 5.09. The molecule has 0 saturated carbocycles. The van der Waals surface area contributed by atoms with Crippen LogP contribution in [0.4, 0.5) is 0 Å². The number of piperidine rings is 1. The first-order chi connectivity index (χ1) is 11.6. The predicted octanol–water partition coefficient (Wildman–Crippen LogP) is 1.82. The number of hydrogen-bond acceptors (Lipinski definition) is 5. The fraction of sp³-hybridized carbons (Fsp3) is 0.706. The molecule has 6 nitrogen and oxygen atoms in total. The molecule has 1 aromatic heterocycles. The molecule has 0 radical (unpaired) electrons. The van der Waals surface area contributed by atoms with Crippen LogP contribution in [0.2, 0.25) is 0 Å². The maximum Gasteiger partial charge on any atom is 0.213 e. The van der Waals surface area contributed by atoms with E-state index >= 15 is 0 Å². The minimum absolute atomic E-state index is 0.0865. The Kier molecular flexibility index (Phi) is 5.54. The second-order valence-corrected chi connectivity index (χ2v) is 8.96. The van der Waals surface area contributed by atoms with E-state index in [0.29, 0.717) is 26.3 Å². The lowest BCUT2D eigenvalue weighted by Gasteiger charge is -2.49. The maximum absolute atomic E-state index is 12.3. The molecule has 7 heteroatoms. The van der Waals surface area contributed by atoms with Gasteiger partial charge in [0.2, 0.25) is 10.0 Å². The van der Waals surface area contributed by atoms with Gasteiger partial charge < -0.3 is 9.47 Å². The average Bonchev–Trinajstić information content (AvgIpc) is 2.62. The smallest absolute Gasteiger partial charge is 0.213 e. The number of nitrogens with zero attached hydrogens (tertiary/aromatic N) is 2. The van der Waals surface area contributed by atoms with Crippen molar-refractivity contribution >= 4 is 10.0 Å². The Morgan fingerprint density at radius 3 is 3.12 bits per heavy atom. The Labute approximate surface area is 144 Å². The summed E-state index contributed by atoms with van der Waals surface area (Å²) in [5.74, 6) is 0.144. The standard InChI is InChI=1S/C17H26N2O4S/c1-2-24(20,21)19-9-6-16-17(13-19,7-4-10-23-16)14-22-12-15-5-3-8-18-11-15/h3,5,8,11,16H,2,4,6-7,9-10,12-14H2,1H3/t16-,17-/m0/s1. The van der Waals surface area contributed by atoms with Gasteiger partial charge in [0.05, 0.1) is 25.1 Å². The van der Waals surface area contributed by atoms with Crippen molar-refractivity contribution in [3.05, 3.63) is 30.1 Å². The SMILES string of the molecule is CCS(=O)(=O)N1CC[C@@H]2OCCC[C@@]2(COCc2cccnc2)C1. The molecule has 0 bridgehead atoms. The molecule has 1 aromatic rings. The van der Waals surface area contributed by atoms with Gasteiger partial charge in [0.1, 0.15) is 0 Å². The van der Waals surface area contributed by atoms with Crippen LogP contribution in [0, 0.1) is 5.41 Å². The van der Waals surface area contributed by atoms with Crippen molar-refractivity contribution in [1.82, 2.24) is 9.29 Å². The summed E-state index contributed by atoms with van der Waals surface area (Å²) >= 11 is 0. The first kappa shape index (κ1) is 17.8. The number of ether oxygens (including phenoxy) is 2. The summed E-state index contributed by atoms with van der Waals surface area (Å²) in [7, 11) is -3.17. The van der Waals surface area contributed by atoms with Crippen molar-refractivity contribution < 1.29 is 17.9 Å². The van der Waals surface area contributed by atoms with Crippen molar-refractivity contribution in [3.8, 4) is 0 Å². The molecule has 2 saturated heterocycles. The summed E-state index contributed by atoms with van der Waals surface area (Å²) in [6, 6.07) is 3.87. The predicted molar refractivity (Wildman–Crippen MR) is 91.0 cm³/mol. The zero-order valence-electron chi connectivity index (χ0n) is 14.2. The van der Waals surface area contributed by atoms with E-state index in [4.69, 9.17) is 9.47 Å². The third kappa shape index (κ3) is 3.79. The normalized spacial score (nSPS) is 28.5. The average molecular weight is 354 g/mol. The molecule has 0 amide bonds. The Morgan fingerprint density at radius 2 is 2.38 bits per heavy atom. The number of sulfonamides is 1. The Balaban J connectivity index is 1.69. The zero-order valence-corrected chi connectivity index (χ0v) is 15.0. The quantitative estimate of drug-likeness (QED) is 0.779. The van der Waals surface area contributed by atoms with Crippen LogP contribution in [0.25, 0.3) is 0 Å². The maximum atomic E-state index is 12.3. The van der Waals surface area contributed by atoms with Crippen molar-refractivity contribution in [2.45, 2.75) is 38.9 Å². The number of rotatable bonds is 6. The van der Waals surface area contributed by atoms with Crippen LogP contribution in [-0.2, 0) is 26.1 Å². The lowest BCUT2D eigenvalue weighted by atomic mass is 9.73. The molecule has 134 valence electrons. The molecule has 2 atom stereocenters. The van der Waals surface area contributed by atoms with E-state index in [1.807, 2.05) is 12.1 Å². The van der Waals surface area contributed by atoms with E-state index in [1.54, 1.807) is 23.6 Å². The van der Waals surface area contributed by atoms with Crippen molar-refractivity contribution in [2.75, 3.05) is 32.1 Å². The monoisotopic (exact) mass is 354 g/mol. The van der Waals surface area contributed by atoms with Crippen molar-refractivity contribution in [1.29, 1.82) is 0 Å². The summed E-state index contributed by atoms with van der Waals surface area (Å²) in [4.78, 5) is 4.09. The van der Waals surface area contributed by atoms with E-state index in [0.717, 1.165) is 31.4 Å². The number of aromatic nitrogens is 1. The highest BCUT2D eigenvalue weighted by molar-refractivity contribution is 7.89. The van der Waals surface area contributed by atoms with Gasteiger partial charge in [-0.3, -0.25) is 4.98 Å². The van der Waals surface area contributed by atoms with Crippen LogP contribution in [-0.4, -0.2) is 55.9 Å². The van der Waals surface area contributed by atoms with Crippen molar-refractivity contribution in [2.24, 2.45) is 5.41 Å². The minimum atomic E-state index is -3.17. The summed E-state index contributed by atoms with van der Waals surface area (Å²) in [6.07, 6.45) is 6.26. The molecule has 2 aliphatic heterocycles. The fourth-order valence-corrected chi connectivity index (χ4v) is 4.94. The van der Waals surface area contributed by atoms with Gasteiger partial charge in [0.15, 0.2) is 0 Å². The van der Waals surface area contributed by atoms with Gasteiger partial charge in [-0.25, -0.2) is 12.7 Å². The number of hydrogen-bond donors (Lipinski definition) is 0. The molecule has 24 heavy (non-hydrogen) atoms. The highest BCUT2D eigenvalue weighted by Crippen LogP contribution is 2.41. The van der Waals surface area contributed by atoms with Crippen LogP contribution >= 0.6 is 0 Å². The number of pyridine rings is 1. The molecule has 0 N–H and O–H groups in total. The molecule has 0 aliphatic carbocycles. The molecule has 0 unspecified atom stereocenters. The molecule has 3 rings (SSSR count). The van der Waals surface area contributed by atoms with Gasteiger partial charge in [-0.05, 0) is 37.8 Å². The minimum Gasteiger partial charge on any atom is -0.377 e. The van der Waals surface area contributed by atoms with Crippen LogP contribution in [0.1, 0.15) is 31.7 Å². The Hall–Kier alpha value is -1.02. The zero-order chi connectivity index (χ0) is 17.0. The summed E-state index contributed by atoms with van der Waals surface area (Å²) in [5.41, 5.74) is 0.789. The highest BCUT2D eigenvalue weighted by Gasteiger charge is 2.48. The lowest BCUT2D eigenvalue weighted by Crippen LogP contribution is -2.58. The molecule has 0 spiro atoms. The summed E-state index contributed by atoms with van der Waals surface area (Å²) < 4.78 is 38.2. The highest BCUT2D eigenvalue weighted by atomic mass is 32.2. The lowest BCUT2D eigenvalue weighted by molar-refractivity contribution is -0.144. The molecule has 0 aromatic carbocycles. The Bertz CT molecular complexity index is 637. The number of fused-ring (bicyclic) bond motifs is 1. The molecule has 2 fully saturated rings. The topological polar surface area (TPSA) is 68.7 Å². The molecular formula is C17H26N2O4S. The second-order valence-electron chi connectivity index (χ2n) is 6.70. The first-order valence-electron chi connectivity index (χ1n) is 8.62. The summed E-state index contributed by atoms with van der Waals surface area (Å²) in [5, 5.41) is 0. The fourth-order valence-electron chi connectivity index (χ4n) is 3.74. The van der Waals surface area contributed by atoms with Crippen LogP contribution < -0.4 is 0 Å². The van der Waals surface area contributed by atoms with Gasteiger partial charge in [-0.15, -0.1) is 0 Å². The van der Waals surface area contributed by atoms with Crippen LogP contribution in [0.5, 0.6) is 0 Å². The second kappa shape index (κ2) is 7.47. The van der Waals surface area contributed by atoms with E-state index in [-0.39, 0.29) is 17.3 Å². The Morgan fingerprint density at radius 1 is 1.50 bits per heavy atom. The van der Waals surface area contributed by atoms with Crippen LogP contribution in [0.3, 0.4) is 0 Å². The van der Waals surface area contributed by atoms with Gasteiger partial charge in [0, 0.05) is 37.5 Å². The van der Waals surface area contributed by atoms with Gasteiger partial charge >= 0.3 is 0 Å². The molecular weight excluding hydrogens is 328 g/mol. The van der Waals surface area contributed by atoms with Gasteiger partial charge in [-0.2, -0.15) is 0 Å². The van der Waals surface area contributed by atoms with Crippen LogP contribution in [0.15, 0.2) is 24.5 Å². The van der Waals surface area contributed by atoms with Gasteiger partial charge in [0.25, 0.3) is 0 Å².